The molecular weight excluding hydrogens is 292 g/mol. The first kappa shape index (κ1) is 11.7. The Morgan fingerprint density at radius 3 is 2.94 bits per heavy atom. The van der Waals surface area contributed by atoms with Crippen LogP contribution >= 0.6 is 15.9 Å². The minimum Gasteiger partial charge on any atom is -0.302 e. The van der Waals surface area contributed by atoms with Gasteiger partial charge in [-0.2, -0.15) is 0 Å². The van der Waals surface area contributed by atoms with Gasteiger partial charge in [-0.05, 0) is 43.9 Å². The van der Waals surface area contributed by atoms with Crippen molar-refractivity contribution in [3.63, 3.8) is 0 Å². The van der Waals surface area contributed by atoms with Crippen molar-refractivity contribution in [2.24, 2.45) is 0 Å². The van der Waals surface area contributed by atoms with Crippen LogP contribution in [-0.4, -0.2) is 15.8 Å². The van der Waals surface area contributed by atoms with E-state index in [1.54, 1.807) is 0 Å². The second kappa shape index (κ2) is 4.69. The molecule has 0 radical (unpaired) electrons. The van der Waals surface area contributed by atoms with Crippen LogP contribution in [0.1, 0.15) is 34.6 Å². The standard InChI is InChI=1S/C14H13BrN2O/c15-11-6-5-10(8-18)14(7-11)17-9-16-12-3-1-2-4-13(12)17/h5-9H,1-4H2. The Morgan fingerprint density at radius 1 is 1.28 bits per heavy atom. The average Bonchev–Trinajstić information content (AvgIpc) is 2.82. The summed E-state index contributed by atoms with van der Waals surface area (Å²) < 4.78 is 3.03. The van der Waals surface area contributed by atoms with Gasteiger partial charge in [0.1, 0.15) is 0 Å². The van der Waals surface area contributed by atoms with Crippen molar-refractivity contribution in [2.75, 3.05) is 0 Å². The lowest BCUT2D eigenvalue weighted by Gasteiger charge is -2.15. The van der Waals surface area contributed by atoms with E-state index < -0.39 is 0 Å². The van der Waals surface area contributed by atoms with Crippen LogP contribution in [0.25, 0.3) is 5.69 Å². The molecule has 0 fully saturated rings. The predicted octanol–water partition coefficient (Wildman–Crippen LogP) is 3.33. The monoisotopic (exact) mass is 304 g/mol. The summed E-state index contributed by atoms with van der Waals surface area (Å²) in [5, 5.41) is 0. The van der Waals surface area contributed by atoms with Crippen molar-refractivity contribution >= 4 is 22.2 Å². The van der Waals surface area contributed by atoms with E-state index in [0.29, 0.717) is 5.56 Å². The van der Waals surface area contributed by atoms with Crippen molar-refractivity contribution < 1.29 is 4.79 Å². The summed E-state index contributed by atoms with van der Waals surface area (Å²) >= 11 is 3.46. The highest BCUT2D eigenvalue weighted by molar-refractivity contribution is 9.10. The first-order chi connectivity index (χ1) is 8.79. The number of aryl methyl sites for hydroxylation is 1. The summed E-state index contributed by atoms with van der Waals surface area (Å²) in [4.78, 5) is 15.6. The van der Waals surface area contributed by atoms with Crippen LogP contribution in [0.4, 0.5) is 0 Å². The highest BCUT2D eigenvalue weighted by Crippen LogP contribution is 2.26. The van der Waals surface area contributed by atoms with E-state index in [2.05, 4.69) is 25.5 Å². The fourth-order valence-corrected chi connectivity index (χ4v) is 2.85. The van der Waals surface area contributed by atoms with Crippen LogP contribution in [0.5, 0.6) is 0 Å². The van der Waals surface area contributed by atoms with Gasteiger partial charge in [0.15, 0.2) is 6.29 Å². The fraction of sp³-hybridized carbons (Fsp3) is 0.286. The van der Waals surface area contributed by atoms with Gasteiger partial charge in [0.2, 0.25) is 0 Å². The zero-order valence-electron chi connectivity index (χ0n) is 9.90. The van der Waals surface area contributed by atoms with Crippen LogP contribution < -0.4 is 0 Å². The number of rotatable bonds is 2. The second-order valence-corrected chi connectivity index (χ2v) is 5.45. The van der Waals surface area contributed by atoms with E-state index in [0.717, 1.165) is 29.3 Å². The summed E-state index contributed by atoms with van der Waals surface area (Å²) in [7, 11) is 0. The number of hydrogen-bond donors (Lipinski definition) is 0. The van der Waals surface area contributed by atoms with E-state index in [9.17, 15) is 4.79 Å². The van der Waals surface area contributed by atoms with E-state index in [1.807, 2.05) is 24.5 Å². The van der Waals surface area contributed by atoms with Crippen molar-refractivity contribution in [1.82, 2.24) is 9.55 Å². The molecule has 1 aromatic carbocycles. The Bertz CT molecular complexity index is 604. The molecule has 0 atom stereocenters. The van der Waals surface area contributed by atoms with Crippen molar-refractivity contribution in [3.05, 3.63) is 46.0 Å². The molecule has 2 aromatic rings. The van der Waals surface area contributed by atoms with Gasteiger partial charge in [0, 0.05) is 15.7 Å². The third-order valence-corrected chi connectivity index (χ3v) is 3.90. The topological polar surface area (TPSA) is 34.9 Å². The molecule has 4 heteroatoms. The summed E-state index contributed by atoms with van der Waals surface area (Å²) in [5.74, 6) is 0. The highest BCUT2D eigenvalue weighted by Gasteiger charge is 2.17. The quantitative estimate of drug-likeness (QED) is 0.798. The zero-order valence-corrected chi connectivity index (χ0v) is 11.5. The Balaban J connectivity index is 2.17. The molecule has 0 unspecified atom stereocenters. The molecular formula is C14H13BrN2O. The largest absolute Gasteiger partial charge is 0.302 e. The van der Waals surface area contributed by atoms with Gasteiger partial charge < -0.3 is 4.57 Å². The molecule has 0 saturated carbocycles. The zero-order chi connectivity index (χ0) is 12.5. The molecule has 0 bridgehead atoms. The molecule has 3 rings (SSSR count). The summed E-state index contributed by atoms with van der Waals surface area (Å²) in [6.45, 7) is 0. The number of halogens is 1. The maximum Gasteiger partial charge on any atom is 0.152 e. The van der Waals surface area contributed by atoms with Gasteiger partial charge in [0.25, 0.3) is 0 Å². The van der Waals surface area contributed by atoms with Crippen LogP contribution in [0, 0.1) is 0 Å². The number of aromatic nitrogens is 2. The van der Waals surface area contributed by atoms with Gasteiger partial charge in [-0.3, -0.25) is 4.79 Å². The van der Waals surface area contributed by atoms with Gasteiger partial charge >= 0.3 is 0 Å². The maximum absolute atomic E-state index is 11.2. The van der Waals surface area contributed by atoms with Crippen LogP contribution in [0.15, 0.2) is 29.0 Å². The molecule has 3 nitrogen and oxygen atoms in total. The van der Waals surface area contributed by atoms with Gasteiger partial charge in [0.05, 0.1) is 17.7 Å². The summed E-state index contributed by atoms with van der Waals surface area (Å²) in [5.41, 5.74) is 4.04. The van der Waals surface area contributed by atoms with Crippen molar-refractivity contribution in [2.45, 2.75) is 25.7 Å². The average molecular weight is 305 g/mol. The first-order valence-corrected chi connectivity index (χ1v) is 6.89. The van der Waals surface area contributed by atoms with Gasteiger partial charge in [-0.25, -0.2) is 4.98 Å². The molecule has 1 aromatic heterocycles. The van der Waals surface area contributed by atoms with Crippen LogP contribution in [0.2, 0.25) is 0 Å². The minimum absolute atomic E-state index is 0.698. The number of imidazole rings is 1. The third kappa shape index (κ3) is 1.90. The lowest BCUT2D eigenvalue weighted by molar-refractivity contribution is 0.112. The van der Waals surface area contributed by atoms with Crippen molar-refractivity contribution in [1.29, 1.82) is 0 Å². The Morgan fingerprint density at radius 2 is 2.11 bits per heavy atom. The fourth-order valence-electron chi connectivity index (χ4n) is 2.50. The van der Waals surface area contributed by atoms with E-state index in [4.69, 9.17) is 0 Å². The number of carbonyl (C=O) groups is 1. The van der Waals surface area contributed by atoms with Gasteiger partial charge in [-0.15, -0.1) is 0 Å². The smallest absolute Gasteiger partial charge is 0.152 e. The number of hydrogen-bond acceptors (Lipinski definition) is 2. The van der Waals surface area contributed by atoms with Crippen molar-refractivity contribution in [3.8, 4) is 5.69 Å². The highest BCUT2D eigenvalue weighted by atomic mass is 79.9. The molecule has 0 saturated heterocycles. The Kier molecular flexibility index (Phi) is 3.04. The SMILES string of the molecule is O=Cc1ccc(Br)cc1-n1cnc2c1CCCC2. The Labute approximate surface area is 114 Å². The van der Waals surface area contributed by atoms with Crippen LogP contribution in [-0.2, 0) is 12.8 Å². The number of fused-ring (bicyclic) bond motifs is 1. The lowest BCUT2D eigenvalue weighted by Crippen LogP contribution is -2.08. The molecule has 0 amide bonds. The number of carbonyl (C=O) groups excluding carboxylic acids is 1. The minimum atomic E-state index is 0.698. The molecule has 0 aliphatic heterocycles. The van der Waals surface area contributed by atoms with E-state index in [-0.39, 0.29) is 0 Å². The number of aldehydes is 1. The van der Waals surface area contributed by atoms with E-state index in [1.165, 1.54) is 24.2 Å². The normalized spacial score (nSPS) is 14.3. The maximum atomic E-state index is 11.2. The molecule has 1 heterocycles. The molecule has 1 aliphatic rings. The molecule has 18 heavy (non-hydrogen) atoms. The predicted molar refractivity (Wildman–Crippen MR) is 73.3 cm³/mol. The number of benzene rings is 1. The second-order valence-electron chi connectivity index (χ2n) is 4.54. The lowest BCUT2D eigenvalue weighted by atomic mass is 10.0. The van der Waals surface area contributed by atoms with Gasteiger partial charge in [-0.1, -0.05) is 15.9 Å². The van der Waals surface area contributed by atoms with Crippen LogP contribution in [0.3, 0.4) is 0 Å². The molecule has 0 spiro atoms. The number of nitrogens with zero attached hydrogens (tertiary/aromatic N) is 2. The summed E-state index contributed by atoms with van der Waals surface area (Å²) in [6.07, 6.45) is 7.24. The molecule has 0 N–H and O–H groups in total. The first-order valence-electron chi connectivity index (χ1n) is 6.10. The Hall–Kier alpha value is -1.42. The molecule has 92 valence electrons. The summed E-state index contributed by atoms with van der Waals surface area (Å²) in [6, 6.07) is 5.69. The van der Waals surface area contributed by atoms with E-state index >= 15 is 0 Å². The molecule has 1 aliphatic carbocycles. The third-order valence-electron chi connectivity index (χ3n) is 3.41.